The summed E-state index contributed by atoms with van der Waals surface area (Å²) in [7, 11) is 2.68. The number of nitrogens with one attached hydrogen (secondary N) is 3. The van der Waals surface area contributed by atoms with Gasteiger partial charge in [-0.25, -0.2) is 33.3 Å². The van der Waals surface area contributed by atoms with Crippen LogP contribution in [0.3, 0.4) is 0 Å². The number of aryl methyl sites for hydroxylation is 1. The number of halogens is 1. The number of esters is 1. The third-order valence-electron chi connectivity index (χ3n) is 15.9. The van der Waals surface area contributed by atoms with Gasteiger partial charge in [-0.2, -0.15) is 0 Å². The normalized spacial score (nSPS) is 24.6. The molecule has 89 heavy (non-hydrogen) atoms. The van der Waals surface area contributed by atoms with Crippen LogP contribution in [0.15, 0.2) is 35.1 Å². The number of pyridine rings is 2. The Balaban J connectivity index is 0.873. The van der Waals surface area contributed by atoms with E-state index >= 15 is 0 Å². The molecule has 33 heteroatoms. The number of nitrogens with two attached hydrogens (primary N) is 2. The zero-order valence-corrected chi connectivity index (χ0v) is 48.5. The van der Waals surface area contributed by atoms with E-state index in [0.717, 1.165) is 9.80 Å². The lowest BCUT2D eigenvalue weighted by Crippen LogP contribution is -2.64. The molecule has 0 unspecified atom stereocenters. The van der Waals surface area contributed by atoms with Crippen molar-refractivity contribution in [3.05, 3.63) is 79.9 Å². The summed E-state index contributed by atoms with van der Waals surface area (Å²) in [6.07, 6.45) is -22.5. The number of carbonyl (C=O) groups is 8. The number of benzene rings is 2. The number of amides is 5. The van der Waals surface area contributed by atoms with Crippen LogP contribution in [0.5, 0.6) is 5.75 Å². The first-order valence-corrected chi connectivity index (χ1v) is 27.9. The van der Waals surface area contributed by atoms with Crippen LogP contribution in [0.25, 0.3) is 22.3 Å². The van der Waals surface area contributed by atoms with Crippen LogP contribution in [0.4, 0.5) is 25.4 Å². The summed E-state index contributed by atoms with van der Waals surface area (Å²) in [6.45, 7) is 3.42. The second-order valence-electron chi connectivity index (χ2n) is 21.8. The predicted octanol–water partition coefficient (Wildman–Crippen LogP) is -2.02. The Bertz CT molecular complexity index is 3540. The summed E-state index contributed by atoms with van der Waals surface area (Å²) >= 11 is 0. The van der Waals surface area contributed by atoms with Crippen molar-refractivity contribution in [2.45, 2.75) is 146 Å². The lowest BCUT2D eigenvalue weighted by atomic mass is 9.85. The SMILES string of the molecule is CC[C@@]1(OC(=O)N(C)CCN(C)C(=O)OCc2ccc(O[C@@H]3O[C@H](C(=O)O)[C@@H](O)[C@H](O)[C@H]3O)c(NC(=O)CCNC(=O)[C@@H](N)CCCC(=O)N[C@@H]3O[C@H](C(=O)O)[C@@H](O)[C@H](O)[C@H]3O)c2)C(=O)OCc2c1cc1n(c2=O)Cc2c-1nc1cc(F)c(C)c(N)c1c2C. The zero-order chi connectivity index (χ0) is 65.2. The standard InChI is InChI=1S/C56H68FN9O23/c1-6-56(27-17-32-38-25(19-66(32)49(76)26(27)21-84-53(56)81)22(2)36-31(62-38)18-28(57)23(3)37(36)59)89-55(83)65(5)15-14-64(4)54(82)85-20-24-10-11-33(86-52-44(74)40(70)42(72)46(88-52)51(79)80)30(16-24)61-35(68)12-13-60-47(75)29(58)8-7-9-34(67)63-48-43(73)39(69)41(71)45(87-48)50(77)78/h10-11,16-18,29,39-46,48,52,69-74H,6-9,12-15,19-21,58-59H2,1-5H3,(H,60,75)(H,61,68)(H,63,67)(H,77,78)(H,79,80)/t29-,39-,40-,41-,42-,43+,44+,45-,46-,48+,52+,56-/m0/s1. The van der Waals surface area contributed by atoms with Crippen molar-refractivity contribution in [1.29, 1.82) is 0 Å². The summed E-state index contributed by atoms with van der Waals surface area (Å²) in [5, 5.41) is 87.9. The molecule has 6 heterocycles. The minimum absolute atomic E-state index is 0.0132. The molecule has 15 N–H and O–H groups in total. The van der Waals surface area contributed by atoms with Crippen LogP contribution < -0.4 is 37.7 Å². The van der Waals surface area contributed by atoms with Gasteiger partial charge in [0.05, 0.1) is 40.7 Å². The van der Waals surface area contributed by atoms with Crippen LogP contribution >= 0.6 is 0 Å². The number of ether oxygens (including phenoxy) is 6. The number of hydrogen-bond donors (Lipinski definition) is 13. The maximum absolute atomic E-state index is 14.9. The van der Waals surface area contributed by atoms with Crippen LogP contribution in [0.1, 0.15) is 72.4 Å². The number of carboxylic acids is 2. The van der Waals surface area contributed by atoms with Crippen LogP contribution in [-0.4, -0.2) is 209 Å². The van der Waals surface area contributed by atoms with Crippen molar-refractivity contribution in [1.82, 2.24) is 30.0 Å². The van der Waals surface area contributed by atoms with Gasteiger partial charge in [0.15, 0.2) is 18.4 Å². The number of aliphatic hydroxyl groups is 6. The Morgan fingerprint density at radius 1 is 0.843 bits per heavy atom. The highest BCUT2D eigenvalue weighted by Gasteiger charge is 2.52. The molecule has 0 spiro atoms. The molecule has 5 amide bonds. The number of aromatic nitrogens is 2. The summed E-state index contributed by atoms with van der Waals surface area (Å²) < 4.78 is 49.3. The number of fused-ring (bicyclic) bond motifs is 5. The number of aliphatic hydroxyl groups excluding tert-OH is 6. The number of aliphatic carboxylic acids is 2. The fourth-order valence-electron chi connectivity index (χ4n) is 10.5. The molecule has 0 bridgehead atoms. The first kappa shape index (κ1) is 66.3. The number of anilines is 2. The minimum atomic E-state index is -2.11. The van der Waals surface area contributed by atoms with Gasteiger partial charge in [-0.1, -0.05) is 13.0 Å². The number of hydrogen-bond acceptors (Lipinski definition) is 24. The van der Waals surface area contributed by atoms with E-state index in [0.29, 0.717) is 27.9 Å². The summed E-state index contributed by atoms with van der Waals surface area (Å²) in [6, 6.07) is 5.42. The lowest BCUT2D eigenvalue weighted by molar-refractivity contribution is -0.271. The first-order chi connectivity index (χ1) is 42.0. The Morgan fingerprint density at radius 2 is 1.49 bits per heavy atom. The molecule has 0 saturated carbocycles. The van der Waals surface area contributed by atoms with Crippen LogP contribution in [-0.2, 0) is 77.8 Å². The molecule has 0 radical (unpaired) electrons. The largest absolute Gasteiger partial charge is 0.479 e. The molecule has 2 fully saturated rings. The average molecular weight is 1250 g/mol. The average Bonchev–Trinajstić information content (AvgIpc) is 1.70. The van der Waals surface area contributed by atoms with E-state index in [-0.39, 0.29) is 96.8 Å². The summed E-state index contributed by atoms with van der Waals surface area (Å²) in [4.78, 5) is 124. The molecule has 2 aromatic carbocycles. The van der Waals surface area contributed by atoms with E-state index in [1.807, 2.05) is 0 Å². The number of likely N-dealkylation sites (N-methyl/N-ethyl adjacent to an activating group) is 2. The van der Waals surface area contributed by atoms with Crippen molar-refractivity contribution < 1.29 is 112 Å². The van der Waals surface area contributed by atoms with Crippen LogP contribution in [0, 0.1) is 19.7 Å². The number of rotatable bonds is 21. The minimum Gasteiger partial charge on any atom is -0.479 e. The molecule has 2 saturated heterocycles. The Morgan fingerprint density at radius 3 is 2.16 bits per heavy atom. The number of carbonyl (C=O) groups excluding carboxylic acids is 6. The molecular formula is C56H68FN9O23. The Hall–Kier alpha value is -8.67. The van der Waals surface area contributed by atoms with Gasteiger partial charge in [0.25, 0.3) is 5.56 Å². The molecule has 0 aliphatic carbocycles. The second-order valence-corrected chi connectivity index (χ2v) is 21.8. The van der Waals surface area contributed by atoms with Gasteiger partial charge >= 0.3 is 30.1 Å². The fraction of sp³-hybridized carbons (Fsp3) is 0.500. The molecule has 32 nitrogen and oxygen atoms in total. The first-order valence-electron chi connectivity index (χ1n) is 27.9. The van der Waals surface area contributed by atoms with E-state index < -0.39 is 152 Å². The number of nitrogen functional groups attached to an aromatic ring is 1. The predicted molar refractivity (Wildman–Crippen MR) is 300 cm³/mol. The smallest absolute Gasteiger partial charge is 0.411 e. The van der Waals surface area contributed by atoms with Crippen LogP contribution in [0.2, 0.25) is 0 Å². The van der Waals surface area contributed by atoms with E-state index in [2.05, 4.69) is 16.0 Å². The lowest BCUT2D eigenvalue weighted by Gasteiger charge is -2.38. The summed E-state index contributed by atoms with van der Waals surface area (Å²) in [5.41, 5.74) is 12.6. The maximum Gasteiger partial charge on any atom is 0.411 e. The van der Waals surface area contributed by atoms with Gasteiger partial charge in [0, 0.05) is 80.4 Å². The van der Waals surface area contributed by atoms with Gasteiger partial charge in [0.1, 0.15) is 61.4 Å². The molecule has 2 aromatic heterocycles. The number of nitrogens with zero attached hydrogens (tertiary/aromatic N) is 4. The second kappa shape index (κ2) is 27.0. The molecular weight excluding hydrogens is 1190 g/mol. The van der Waals surface area contributed by atoms with Gasteiger partial charge in [-0.3, -0.25) is 19.2 Å². The number of carboxylic acid groups (broad SMARTS) is 2. The van der Waals surface area contributed by atoms with Gasteiger partial charge in [-0.15, -0.1) is 0 Å². The Kier molecular flexibility index (Phi) is 20.1. The highest BCUT2D eigenvalue weighted by molar-refractivity contribution is 5.98. The van der Waals surface area contributed by atoms with Crippen molar-refractivity contribution >= 4 is 70.1 Å². The van der Waals surface area contributed by atoms with Gasteiger partial charge in [0.2, 0.25) is 29.6 Å². The highest BCUT2D eigenvalue weighted by Crippen LogP contribution is 2.43. The van der Waals surface area contributed by atoms with E-state index in [9.17, 15) is 88.4 Å². The third kappa shape index (κ3) is 13.5. The maximum atomic E-state index is 14.9. The quantitative estimate of drug-likeness (QED) is 0.0214. The molecule has 4 aromatic rings. The highest BCUT2D eigenvalue weighted by atomic mass is 19.1. The fourth-order valence-corrected chi connectivity index (χ4v) is 10.5. The van der Waals surface area contributed by atoms with Gasteiger partial charge < -0.3 is 111 Å². The monoisotopic (exact) mass is 1250 g/mol. The van der Waals surface area contributed by atoms with Gasteiger partial charge in [-0.05, 0) is 62.4 Å². The molecule has 12 atom stereocenters. The van der Waals surface area contributed by atoms with Crippen molar-refractivity contribution in [3.8, 4) is 17.1 Å². The Labute approximate surface area is 503 Å². The molecule has 482 valence electrons. The number of cyclic esters (lactones) is 1. The third-order valence-corrected chi connectivity index (χ3v) is 15.9. The molecule has 8 rings (SSSR count). The van der Waals surface area contributed by atoms with Crippen molar-refractivity contribution in [3.63, 3.8) is 0 Å². The van der Waals surface area contributed by atoms with E-state index in [4.69, 9.17) is 44.9 Å². The van der Waals surface area contributed by atoms with E-state index in [1.54, 1.807) is 26.8 Å². The topological polar surface area (TPSA) is 483 Å². The zero-order valence-electron chi connectivity index (χ0n) is 48.5. The summed E-state index contributed by atoms with van der Waals surface area (Å²) in [5.74, 6) is -7.46. The van der Waals surface area contributed by atoms with Crippen molar-refractivity contribution in [2.24, 2.45) is 5.73 Å². The molecule has 4 aliphatic rings. The van der Waals surface area contributed by atoms with E-state index in [1.165, 1.54) is 42.9 Å². The van der Waals surface area contributed by atoms with Crippen molar-refractivity contribution in [2.75, 3.05) is 44.8 Å². The molecule has 4 aliphatic heterocycles.